The van der Waals surface area contributed by atoms with Gasteiger partial charge < -0.3 is 15.8 Å². The van der Waals surface area contributed by atoms with E-state index in [2.05, 4.69) is 25.3 Å². The maximum absolute atomic E-state index is 12.6. The van der Waals surface area contributed by atoms with Gasteiger partial charge in [-0.15, -0.1) is 10.2 Å². The highest BCUT2D eigenvalue weighted by atomic mass is 32.1. The van der Waals surface area contributed by atoms with Crippen LogP contribution in [-0.4, -0.2) is 31.2 Å². The van der Waals surface area contributed by atoms with Crippen LogP contribution in [0, 0.1) is 0 Å². The average Bonchev–Trinajstić information content (AvgIpc) is 3.20. The zero-order valence-electron chi connectivity index (χ0n) is 14.9. The number of nitrogens with zero attached hydrogens (tertiary/aromatic N) is 4. The minimum atomic E-state index is -0.369. The van der Waals surface area contributed by atoms with E-state index in [0.717, 1.165) is 5.52 Å². The highest BCUT2D eigenvalue weighted by Gasteiger charge is 2.12. The van der Waals surface area contributed by atoms with Crippen LogP contribution in [0.3, 0.4) is 0 Å². The fourth-order valence-electron chi connectivity index (χ4n) is 2.80. The summed E-state index contributed by atoms with van der Waals surface area (Å²) in [6.07, 6.45) is 1.24. The molecule has 2 heterocycles. The quantitative estimate of drug-likeness (QED) is 0.236. The lowest BCUT2D eigenvalue weighted by atomic mass is 10.2. The summed E-state index contributed by atoms with van der Waals surface area (Å²) < 4.78 is 1.31. The summed E-state index contributed by atoms with van der Waals surface area (Å²) in [7, 11) is 0. The molecule has 0 aliphatic carbocycles. The van der Waals surface area contributed by atoms with Gasteiger partial charge in [0.1, 0.15) is 11.4 Å². The van der Waals surface area contributed by atoms with E-state index >= 15 is 0 Å². The molecule has 0 aliphatic rings. The topological polar surface area (TPSA) is 137 Å². The number of nitrogens with two attached hydrogens (primary N) is 1. The molecule has 0 fully saturated rings. The summed E-state index contributed by atoms with van der Waals surface area (Å²) in [5.74, 6) is 0.0268. The van der Waals surface area contributed by atoms with E-state index < -0.39 is 0 Å². The number of anilines is 1. The first-order chi connectivity index (χ1) is 14.0. The number of para-hydroxylation sites is 2. The Hall–Kier alpha value is -4.05. The average molecular weight is 405 g/mol. The zero-order chi connectivity index (χ0) is 20.4. The van der Waals surface area contributed by atoms with Gasteiger partial charge in [-0.3, -0.25) is 9.89 Å². The largest absolute Gasteiger partial charge is 0.493 e. The minimum Gasteiger partial charge on any atom is -0.493 e. The second kappa shape index (κ2) is 7.52. The molecule has 0 amide bonds. The van der Waals surface area contributed by atoms with Gasteiger partial charge in [-0.2, -0.15) is 0 Å². The van der Waals surface area contributed by atoms with Crippen LogP contribution in [0.15, 0.2) is 74.6 Å². The van der Waals surface area contributed by atoms with E-state index in [9.17, 15) is 9.90 Å². The molecule has 0 spiro atoms. The summed E-state index contributed by atoms with van der Waals surface area (Å²) in [5, 5.41) is 21.2. The summed E-state index contributed by atoms with van der Waals surface area (Å²) in [5.41, 5.74) is 7.29. The molecule has 0 unspecified atom stereocenters. The van der Waals surface area contributed by atoms with Crippen LogP contribution < -0.4 is 11.3 Å². The van der Waals surface area contributed by atoms with Crippen molar-refractivity contribution in [2.24, 2.45) is 15.2 Å². The molecule has 2 aromatic carbocycles. The van der Waals surface area contributed by atoms with Crippen molar-refractivity contribution < 1.29 is 5.11 Å². The van der Waals surface area contributed by atoms with Gasteiger partial charge in [0.05, 0.1) is 11.2 Å². The fraction of sp³-hybridized carbons (Fsp3) is 0. The highest BCUT2D eigenvalue weighted by molar-refractivity contribution is 7.80. The summed E-state index contributed by atoms with van der Waals surface area (Å²) >= 11 is 5.07. The molecule has 0 aliphatic heterocycles. The first-order valence-corrected chi connectivity index (χ1v) is 8.91. The number of hydrogen-bond donors (Lipinski definition) is 4. The van der Waals surface area contributed by atoms with Gasteiger partial charge in [0.2, 0.25) is 11.0 Å². The van der Waals surface area contributed by atoms with Crippen molar-refractivity contribution in [3.05, 3.63) is 70.5 Å². The molecule has 9 nitrogen and oxygen atoms in total. The number of nitrogen functional groups attached to an aromatic ring is 1. The number of thiocarbonyl (C=S) groups is 1. The lowest BCUT2D eigenvalue weighted by Crippen LogP contribution is -2.17. The van der Waals surface area contributed by atoms with Crippen molar-refractivity contribution in [1.82, 2.24) is 14.8 Å². The Labute approximate surface area is 169 Å². The third-order valence-electron chi connectivity index (χ3n) is 4.17. The Morgan fingerprint density at radius 2 is 1.86 bits per heavy atom. The molecule has 0 radical (unpaired) electrons. The van der Waals surface area contributed by atoms with Gasteiger partial charge in [0.15, 0.2) is 5.69 Å². The number of benzene rings is 2. The fourth-order valence-corrected chi connectivity index (χ4v) is 2.90. The number of rotatable bonds is 3. The highest BCUT2D eigenvalue weighted by Crippen LogP contribution is 2.35. The number of nitrogens with one attached hydrogen (secondary N) is 2. The Morgan fingerprint density at radius 3 is 2.66 bits per heavy atom. The van der Waals surface area contributed by atoms with Crippen LogP contribution in [0.4, 0.5) is 11.5 Å². The van der Waals surface area contributed by atoms with Crippen molar-refractivity contribution in [2.45, 2.75) is 0 Å². The summed E-state index contributed by atoms with van der Waals surface area (Å²) in [6.45, 7) is 0. The predicted molar refractivity (Wildman–Crippen MR) is 115 cm³/mol. The van der Waals surface area contributed by atoms with Crippen molar-refractivity contribution in [1.29, 1.82) is 0 Å². The van der Waals surface area contributed by atoms with Gasteiger partial charge in [0, 0.05) is 11.6 Å². The van der Waals surface area contributed by atoms with E-state index in [1.54, 1.807) is 24.3 Å². The van der Waals surface area contributed by atoms with Gasteiger partial charge in [0.25, 0.3) is 5.56 Å². The maximum Gasteiger partial charge on any atom is 0.282 e. The summed E-state index contributed by atoms with van der Waals surface area (Å²) in [6, 6.07) is 16.2. The number of aliphatic imine (C=N–C) groups is 1. The number of aromatic nitrogens is 3. The van der Waals surface area contributed by atoms with Crippen molar-refractivity contribution >= 4 is 46.0 Å². The van der Waals surface area contributed by atoms with Crippen LogP contribution in [0.25, 0.3) is 16.6 Å². The summed E-state index contributed by atoms with van der Waals surface area (Å²) in [4.78, 5) is 19.3. The van der Waals surface area contributed by atoms with Gasteiger partial charge >= 0.3 is 0 Å². The number of hydrogen-bond acceptors (Lipinski definition) is 5. The standard InChI is InChI=1S/C19H15N7O2S/c20-16-13(18(28)26(25-16)11-6-2-1-3-7-11)10-21-19(29)24-23-15-12-8-4-5-9-14(12)22-17(15)27/h1-10,22,25,27H,20H2. The molecule has 29 heavy (non-hydrogen) atoms. The van der Waals surface area contributed by atoms with Crippen molar-refractivity contribution in [3.8, 4) is 11.6 Å². The van der Waals surface area contributed by atoms with E-state index in [1.807, 2.05) is 30.3 Å². The molecular weight excluding hydrogens is 390 g/mol. The van der Waals surface area contributed by atoms with E-state index in [4.69, 9.17) is 18.0 Å². The van der Waals surface area contributed by atoms with Crippen molar-refractivity contribution in [3.63, 3.8) is 0 Å². The van der Waals surface area contributed by atoms with Gasteiger partial charge in [-0.1, -0.05) is 36.4 Å². The molecule has 0 saturated heterocycles. The van der Waals surface area contributed by atoms with E-state index in [0.29, 0.717) is 11.1 Å². The predicted octanol–water partition coefficient (Wildman–Crippen LogP) is 3.42. The number of aromatic hydroxyl groups is 1. The number of H-pyrrole nitrogens is 2. The van der Waals surface area contributed by atoms with Gasteiger partial charge in [-0.05, 0) is 30.4 Å². The Kier molecular flexibility index (Phi) is 4.75. The molecule has 10 heteroatoms. The Morgan fingerprint density at radius 1 is 1.14 bits per heavy atom. The Bertz CT molecular complexity index is 1320. The second-order valence-corrected chi connectivity index (χ2v) is 6.39. The monoisotopic (exact) mass is 405 g/mol. The SMILES string of the molecule is Nc1[nH]n(-c2ccccc2)c(=O)c1C=NC(=S)N=Nc1c(O)[nH]c2ccccc12. The molecule has 0 atom stereocenters. The third-order valence-corrected chi connectivity index (χ3v) is 4.36. The van der Waals surface area contributed by atoms with Crippen molar-refractivity contribution in [2.75, 3.05) is 5.73 Å². The van der Waals surface area contributed by atoms with Crippen LogP contribution in [0.5, 0.6) is 5.88 Å². The first-order valence-electron chi connectivity index (χ1n) is 8.50. The molecule has 2 aromatic heterocycles. The molecule has 4 rings (SSSR count). The van der Waals surface area contributed by atoms with Crippen LogP contribution >= 0.6 is 12.2 Å². The molecular formula is C19H15N7O2S. The third kappa shape index (κ3) is 3.56. The molecule has 4 aromatic rings. The lowest BCUT2D eigenvalue weighted by molar-refractivity contribution is 0.459. The normalized spacial score (nSPS) is 11.7. The zero-order valence-corrected chi connectivity index (χ0v) is 15.7. The number of azo groups is 1. The van der Waals surface area contributed by atoms with E-state index in [1.165, 1.54) is 10.9 Å². The lowest BCUT2D eigenvalue weighted by Gasteiger charge is -1.99. The van der Waals surface area contributed by atoms with Crippen LogP contribution in [-0.2, 0) is 0 Å². The maximum atomic E-state index is 12.6. The number of aromatic amines is 2. The molecule has 5 N–H and O–H groups in total. The van der Waals surface area contributed by atoms with Gasteiger partial charge in [-0.25, -0.2) is 9.67 Å². The smallest absolute Gasteiger partial charge is 0.282 e. The first kappa shape index (κ1) is 18.3. The second-order valence-electron chi connectivity index (χ2n) is 6.02. The van der Waals surface area contributed by atoms with E-state index in [-0.39, 0.29) is 33.6 Å². The Balaban J connectivity index is 1.58. The van der Waals surface area contributed by atoms with Crippen LogP contribution in [0.1, 0.15) is 5.56 Å². The minimum absolute atomic E-state index is 0.123. The number of fused-ring (bicyclic) bond motifs is 1. The molecule has 0 bridgehead atoms. The molecule has 144 valence electrons. The van der Waals surface area contributed by atoms with Crippen LogP contribution in [0.2, 0.25) is 0 Å². The molecule has 0 saturated carbocycles.